The minimum absolute atomic E-state index is 0.0179. The van der Waals surface area contributed by atoms with E-state index in [-0.39, 0.29) is 48.4 Å². The molecule has 0 saturated carbocycles. The van der Waals surface area contributed by atoms with Gasteiger partial charge in [-0.15, -0.1) is 0 Å². The second kappa shape index (κ2) is 10.6. The van der Waals surface area contributed by atoms with Gasteiger partial charge in [-0.1, -0.05) is 24.3 Å². The molecule has 226 valence electrons. The molecule has 15 heteroatoms. The maximum Gasteiger partial charge on any atom is 0.212 e. The summed E-state index contributed by atoms with van der Waals surface area (Å²) in [6.45, 7) is 0. The molecule has 1 N–H and O–H groups in total. The SMILES string of the molecule is CS(=O)(=O)C1=CC(=N)C(=O)C(N=C2C=C(S(C)(=O)=O)c3ccc(N=C4C=Cc5c(cccc5S(C)(=O)=O)C4=O)cc3C2=O)C1. The molecule has 0 aliphatic heterocycles. The first kappa shape index (κ1) is 31.0. The van der Waals surface area contributed by atoms with Crippen LogP contribution in [0.3, 0.4) is 0 Å². The fourth-order valence-corrected chi connectivity index (χ4v) is 7.54. The number of benzene rings is 2. The van der Waals surface area contributed by atoms with E-state index >= 15 is 0 Å². The van der Waals surface area contributed by atoms with Gasteiger partial charge >= 0.3 is 0 Å². The number of ketones is 3. The fourth-order valence-electron chi connectivity index (χ4n) is 4.94. The molecule has 0 fully saturated rings. The standard InChI is InChI=1S/C29H23N3O9S3/c1-42(36,37)16-12-21(30)29(35)23(13-16)32-24-14-26(44(3,40)41)18-8-7-15(11-20(18)28(24)34)31-22-10-9-17-19(27(22)33)5-4-6-25(17)43(2,38)39/h4-12,14,23,30H,13H2,1-3H3. The number of Topliss-reactive ketones (excluding diaryl/α,β-unsaturated/α-hetero) is 3. The molecule has 12 nitrogen and oxygen atoms in total. The number of nitrogens with one attached hydrogen (secondary N) is 1. The van der Waals surface area contributed by atoms with Crippen LogP contribution in [0.1, 0.15) is 38.3 Å². The highest BCUT2D eigenvalue weighted by molar-refractivity contribution is 8.00. The molecule has 3 aliphatic carbocycles. The molecule has 5 rings (SSSR count). The van der Waals surface area contributed by atoms with E-state index in [1.165, 1.54) is 48.6 Å². The van der Waals surface area contributed by atoms with Crippen molar-refractivity contribution in [1.29, 1.82) is 5.41 Å². The van der Waals surface area contributed by atoms with Crippen LogP contribution in [-0.2, 0) is 34.3 Å². The van der Waals surface area contributed by atoms with E-state index in [0.29, 0.717) is 0 Å². The summed E-state index contributed by atoms with van der Waals surface area (Å²) in [4.78, 5) is 47.4. The van der Waals surface area contributed by atoms with Crippen LogP contribution in [0.2, 0.25) is 0 Å². The first-order valence-electron chi connectivity index (χ1n) is 12.7. The molecule has 0 bridgehead atoms. The maximum absolute atomic E-state index is 13.6. The predicted molar refractivity (Wildman–Crippen MR) is 165 cm³/mol. The molecule has 0 heterocycles. The van der Waals surface area contributed by atoms with Gasteiger partial charge in [-0.05, 0) is 36.4 Å². The van der Waals surface area contributed by atoms with Crippen molar-refractivity contribution in [3.05, 3.63) is 81.8 Å². The molecular weight excluding hydrogens is 631 g/mol. The Balaban J connectivity index is 1.58. The largest absolute Gasteiger partial charge is 0.297 e. The summed E-state index contributed by atoms with van der Waals surface area (Å²) in [5.74, 6) is -2.18. The Morgan fingerprint density at radius 1 is 0.750 bits per heavy atom. The lowest BCUT2D eigenvalue weighted by molar-refractivity contribution is -0.114. The van der Waals surface area contributed by atoms with Crippen LogP contribution in [-0.4, -0.2) is 84.5 Å². The molecule has 2 aromatic rings. The zero-order valence-electron chi connectivity index (χ0n) is 23.4. The lowest BCUT2D eigenvalue weighted by Gasteiger charge is -2.21. The van der Waals surface area contributed by atoms with Gasteiger partial charge in [0.1, 0.15) is 23.2 Å². The Morgan fingerprint density at radius 2 is 1.43 bits per heavy atom. The Hall–Kier alpha value is -4.47. The van der Waals surface area contributed by atoms with Gasteiger partial charge in [0.15, 0.2) is 29.5 Å². The molecular formula is C29H23N3O9S3. The van der Waals surface area contributed by atoms with E-state index in [0.717, 1.165) is 30.9 Å². The van der Waals surface area contributed by atoms with Gasteiger partial charge in [-0.3, -0.25) is 24.8 Å². The van der Waals surface area contributed by atoms with Gasteiger partial charge < -0.3 is 0 Å². The molecule has 2 aromatic carbocycles. The topological polar surface area (TPSA) is 202 Å². The van der Waals surface area contributed by atoms with Crippen LogP contribution in [0, 0.1) is 5.41 Å². The lowest BCUT2D eigenvalue weighted by atomic mass is 9.92. The number of fused-ring (bicyclic) bond motifs is 2. The molecule has 3 aliphatic rings. The first-order valence-corrected chi connectivity index (χ1v) is 18.4. The van der Waals surface area contributed by atoms with Crippen LogP contribution in [0.4, 0.5) is 5.69 Å². The molecule has 0 spiro atoms. The van der Waals surface area contributed by atoms with Crippen LogP contribution < -0.4 is 0 Å². The third-order valence-electron chi connectivity index (χ3n) is 7.05. The summed E-state index contributed by atoms with van der Waals surface area (Å²) in [7, 11) is -11.4. The number of hydrogen-bond donors (Lipinski definition) is 1. The van der Waals surface area contributed by atoms with Gasteiger partial charge in [-0.25, -0.2) is 30.2 Å². The van der Waals surface area contributed by atoms with Crippen LogP contribution in [0.25, 0.3) is 11.0 Å². The highest BCUT2D eigenvalue weighted by Crippen LogP contribution is 2.34. The number of nitrogens with zero attached hydrogens (tertiary/aromatic N) is 2. The van der Waals surface area contributed by atoms with Crippen molar-refractivity contribution < 1.29 is 39.6 Å². The summed E-state index contributed by atoms with van der Waals surface area (Å²) in [5, 5.41) is 7.88. The molecule has 0 aromatic heterocycles. The number of carbonyl (C=O) groups is 3. The number of hydrogen-bond acceptors (Lipinski definition) is 12. The van der Waals surface area contributed by atoms with Crippen molar-refractivity contribution in [3.63, 3.8) is 0 Å². The van der Waals surface area contributed by atoms with E-state index < -0.39 is 70.7 Å². The van der Waals surface area contributed by atoms with Gasteiger partial charge in [0, 0.05) is 52.3 Å². The third-order valence-corrected chi connectivity index (χ3v) is 10.6. The fraction of sp³-hybridized carbons (Fsp3) is 0.172. The number of rotatable bonds is 5. The molecule has 1 unspecified atom stereocenters. The molecule has 0 saturated heterocycles. The van der Waals surface area contributed by atoms with E-state index in [1.807, 2.05) is 0 Å². The van der Waals surface area contributed by atoms with Gasteiger partial charge in [0.2, 0.25) is 17.3 Å². The van der Waals surface area contributed by atoms with Crippen molar-refractivity contribution in [3.8, 4) is 0 Å². The van der Waals surface area contributed by atoms with Gasteiger partial charge in [-0.2, -0.15) is 0 Å². The first-order chi connectivity index (χ1) is 20.4. The van der Waals surface area contributed by atoms with E-state index in [9.17, 15) is 39.6 Å². The van der Waals surface area contributed by atoms with Crippen molar-refractivity contribution >= 4 is 80.7 Å². The summed E-state index contributed by atoms with van der Waals surface area (Å²) in [6, 6.07) is 6.85. The molecule has 0 amide bonds. The Bertz CT molecular complexity index is 2240. The summed E-state index contributed by atoms with van der Waals surface area (Å²) < 4.78 is 73.9. The van der Waals surface area contributed by atoms with E-state index in [1.54, 1.807) is 0 Å². The summed E-state index contributed by atoms with van der Waals surface area (Å²) in [5.41, 5.74) is -0.778. The Morgan fingerprint density at radius 3 is 2.07 bits per heavy atom. The highest BCUT2D eigenvalue weighted by Gasteiger charge is 2.35. The van der Waals surface area contributed by atoms with Gasteiger partial charge in [0.05, 0.1) is 15.5 Å². The molecule has 1 atom stereocenters. The number of carbonyl (C=O) groups excluding carboxylic acids is 3. The minimum atomic E-state index is -3.95. The highest BCUT2D eigenvalue weighted by atomic mass is 32.2. The third kappa shape index (κ3) is 5.73. The number of sulfone groups is 3. The summed E-state index contributed by atoms with van der Waals surface area (Å²) in [6.07, 6.45) is 7.17. The van der Waals surface area contributed by atoms with Crippen LogP contribution in [0.15, 0.2) is 74.4 Å². The van der Waals surface area contributed by atoms with E-state index in [2.05, 4.69) is 9.98 Å². The van der Waals surface area contributed by atoms with Crippen molar-refractivity contribution in [2.24, 2.45) is 9.98 Å². The monoisotopic (exact) mass is 653 g/mol. The zero-order valence-corrected chi connectivity index (χ0v) is 25.8. The lowest BCUT2D eigenvalue weighted by Crippen LogP contribution is -2.34. The smallest absolute Gasteiger partial charge is 0.212 e. The molecule has 0 radical (unpaired) electrons. The average molecular weight is 654 g/mol. The molecule has 44 heavy (non-hydrogen) atoms. The van der Waals surface area contributed by atoms with Crippen molar-refractivity contribution in [2.45, 2.75) is 17.4 Å². The Kier molecular flexibility index (Phi) is 7.47. The second-order valence-electron chi connectivity index (χ2n) is 10.4. The van der Waals surface area contributed by atoms with Crippen LogP contribution >= 0.6 is 0 Å². The Labute approximate surface area is 252 Å². The van der Waals surface area contributed by atoms with Crippen LogP contribution in [0.5, 0.6) is 0 Å². The average Bonchev–Trinajstić information content (AvgIpc) is 2.92. The van der Waals surface area contributed by atoms with Crippen molar-refractivity contribution in [2.75, 3.05) is 18.8 Å². The summed E-state index contributed by atoms with van der Waals surface area (Å²) >= 11 is 0. The minimum Gasteiger partial charge on any atom is -0.297 e. The van der Waals surface area contributed by atoms with E-state index in [4.69, 9.17) is 5.41 Å². The maximum atomic E-state index is 13.6. The second-order valence-corrected chi connectivity index (χ2v) is 16.4. The number of allylic oxidation sites excluding steroid dienone is 3. The van der Waals surface area contributed by atoms with Gasteiger partial charge in [0.25, 0.3) is 0 Å². The number of aliphatic imine (C=N–C) groups is 2. The van der Waals surface area contributed by atoms with Crippen molar-refractivity contribution in [1.82, 2.24) is 0 Å². The zero-order chi connectivity index (χ0) is 32.4. The quantitative estimate of drug-likeness (QED) is 0.503. The predicted octanol–water partition coefficient (Wildman–Crippen LogP) is 2.38. The normalized spacial score (nSPS) is 20.8.